The summed E-state index contributed by atoms with van der Waals surface area (Å²) in [5, 5.41) is 5.45. The Bertz CT molecular complexity index is 80.3. The third-order valence-electron chi connectivity index (χ3n) is 1.48. The highest BCUT2D eigenvalue weighted by Crippen LogP contribution is 1.95. The van der Waals surface area contributed by atoms with E-state index in [4.69, 9.17) is 0 Å². The summed E-state index contributed by atoms with van der Waals surface area (Å²) in [7, 11) is 1.42. The lowest BCUT2D eigenvalue weighted by atomic mass is 10.4. The van der Waals surface area contributed by atoms with Crippen molar-refractivity contribution in [3.8, 4) is 0 Å². The van der Waals surface area contributed by atoms with Crippen LogP contribution in [0.3, 0.4) is 0 Å². The van der Waals surface area contributed by atoms with Gasteiger partial charge in [-0.15, -0.1) is 4.48 Å². The molecule has 1 saturated heterocycles. The Morgan fingerprint density at radius 3 is 2.33 bits per heavy atom. The number of hydrazine groups is 1. The summed E-state index contributed by atoms with van der Waals surface area (Å²) in [5.41, 5.74) is 0. The van der Waals surface area contributed by atoms with Crippen LogP contribution in [0.25, 0.3) is 0 Å². The Kier molecular flexibility index (Phi) is 2.38. The molecule has 1 N–H and O–H groups in total. The van der Waals surface area contributed by atoms with Crippen LogP contribution in [0, 0.1) is 0 Å². The second-order valence-corrected chi connectivity index (χ2v) is 2.15. The van der Waals surface area contributed by atoms with E-state index in [9.17, 15) is 4.48 Å². The first-order valence-electron chi connectivity index (χ1n) is 3.16. The zero-order valence-corrected chi connectivity index (χ0v) is 5.60. The summed E-state index contributed by atoms with van der Waals surface area (Å²) in [6.07, 6.45) is 0. The molecule has 1 heterocycles. The number of nitrogens with zero attached hydrogens (tertiary/aromatic N) is 2. The Hall–Kier alpha value is -0.190. The Labute approximate surface area is 54.3 Å². The maximum Gasteiger partial charge on any atom is 0.0342 e. The van der Waals surface area contributed by atoms with E-state index in [-0.39, 0.29) is 0 Å². The third-order valence-corrected chi connectivity index (χ3v) is 1.48. The van der Waals surface area contributed by atoms with Crippen LogP contribution in [0.2, 0.25) is 0 Å². The van der Waals surface area contributed by atoms with Crippen molar-refractivity contribution in [2.24, 2.45) is 0 Å². The minimum atomic E-state index is 0.654. The molecule has 0 aliphatic carbocycles. The van der Waals surface area contributed by atoms with Crippen LogP contribution in [0.4, 0.5) is 4.48 Å². The fraction of sp³-hybridized carbons (Fsp3) is 1.00. The van der Waals surface area contributed by atoms with Gasteiger partial charge in [-0.05, 0) is 0 Å². The van der Waals surface area contributed by atoms with Crippen LogP contribution in [-0.4, -0.2) is 43.5 Å². The molecule has 0 aromatic rings. The summed E-state index contributed by atoms with van der Waals surface area (Å²) >= 11 is 0. The van der Waals surface area contributed by atoms with Crippen LogP contribution in [0.15, 0.2) is 0 Å². The second-order valence-electron chi connectivity index (χ2n) is 2.15. The van der Waals surface area contributed by atoms with Gasteiger partial charge in [-0.2, -0.15) is 0 Å². The van der Waals surface area contributed by atoms with E-state index in [0.29, 0.717) is 5.23 Å². The molecule has 0 aromatic heterocycles. The van der Waals surface area contributed by atoms with E-state index in [1.54, 1.807) is 5.01 Å². The van der Waals surface area contributed by atoms with Crippen LogP contribution >= 0.6 is 0 Å². The first-order valence-corrected chi connectivity index (χ1v) is 3.16. The van der Waals surface area contributed by atoms with Gasteiger partial charge in [0.2, 0.25) is 0 Å². The molecule has 9 heavy (non-hydrogen) atoms. The number of hydrogen-bond acceptors (Lipinski definition) is 3. The van der Waals surface area contributed by atoms with Crippen molar-refractivity contribution < 1.29 is 4.48 Å². The molecular weight excluding hydrogens is 121 g/mol. The highest BCUT2D eigenvalue weighted by atomic mass is 19.2. The van der Waals surface area contributed by atoms with Crippen molar-refractivity contribution in [2.45, 2.75) is 0 Å². The van der Waals surface area contributed by atoms with Gasteiger partial charge in [0.15, 0.2) is 0 Å². The largest absolute Gasteiger partial charge is 0.314 e. The molecule has 0 amide bonds. The van der Waals surface area contributed by atoms with Crippen LogP contribution < -0.4 is 5.32 Å². The normalized spacial score (nSPS) is 23.0. The van der Waals surface area contributed by atoms with E-state index < -0.39 is 0 Å². The predicted octanol–water partition coefficient (Wildman–Crippen LogP) is -0.377. The molecule has 0 atom stereocenters. The fourth-order valence-electron chi connectivity index (χ4n) is 0.929. The average molecular weight is 133 g/mol. The molecule has 0 spiro atoms. The molecule has 0 aromatic carbocycles. The van der Waals surface area contributed by atoms with Crippen molar-refractivity contribution in [3.63, 3.8) is 0 Å². The number of nitrogens with one attached hydrogen (secondary N) is 1. The molecular formula is C5H12FN3. The Morgan fingerprint density at radius 1 is 1.44 bits per heavy atom. The molecule has 3 nitrogen and oxygen atoms in total. The lowest BCUT2D eigenvalue weighted by Gasteiger charge is -2.28. The molecule has 0 unspecified atom stereocenters. The Morgan fingerprint density at radius 2 is 2.00 bits per heavy atom. The fourth-order valence-corrected chi connectivity index (χ4v) is 0.929. The van der Waals surface area contributed by atoms with Gasteiger partial charge in [0, 0.05) is 33.2 Å². The van der Waals surface area contributed by atoms with Gasteiger partial charge >= 0.3 is 0 Å². The molecule has 1 rings (SSSR count). The van der Waals surface area contributed by atoms with Crippen molar-refractivity contribution >= 4 is 0 Å². The molecule has 1 aliphatic rings. The SMILES string of the molecule is CN(F)N1CCNCC1. The van der Waals surface area contributed by atoms with Crippen molar-refractivity contribution in [1.29, 1.82) is 0 Å². The molecule has 0 bridgehead atoms. The standard InChI is InChI=1S/C5H12FN3/c1-8(6)9-4-2-7-3-5-9/h7H,2-5H2,1H3. The molecule has 4 heteroatoms. The summed E-state index contributed by atoms with van der Waals surface area (Å²) in [4.78, 5) is 0. The van der Waals surface area contributed by atoms with Crippen LogP contribution in [-0.2, 0) is 0 Å². The Balaban J connectivity index is 2.23. The van der Waals surface area contributed by atoms with E-state index >= 15 is 0 Å². The first-order chi connectivity index (χ1) is 4.30. The second kappa shape index (κ2) is 3.10. The van der Waals surface area contributed by atoms with E-state index in [0.717, 1.165) is 26.2 Å². The van der Waals surface area contributed by atoms with Gasteiger partial charge < -0.3 is 5.32 Å². The summed E-state index contributed by atoms with van der Waals surface area (Å²) in [6.45, 7) is 3.31. The van der Waals surface area contributed by atoms with Crippen molar-refractivity contribution in [2.75, 3.05) is 33.2 Å². The predicted molar refractivity (Wildman–Crippen MR) is 33.3 cm³/mol. The van der Waals surface area contributed by atoms with Crippen molar-refractivity contribution in [1.82, 2.24) is 15.6 Å². The summed E-state index contributed by atoms with van der Waals surface area (Å²) < 4.78 is 12.3. The molecule has 1 fully saturated rings. The van der Waals surface area contributed by atoms with Crippen LogP contribution in [0.5, 0.6) is 0 Å². The summed E-state index contributed by atoms with van der Waals surface area (Å²) in [5.74, 6) is 0. The molecule has 1 aliphatic heterocycles. The highest BCUT2D eigenvalue weighted by Gasteiger charge is 2.12. The van der Waals surface area contributed by atoms with Gasteiger partial charge in [0.1, 0.15) is 0 Å². The van der Waals surface area contributed by atoms with E-state index in [1.165, 1.54) is 7.05 Å². The van der Waals surface area contributed by atoms with Gasteiger partial charge in [-0.1, -0.05) is 5.23 Å². The van der Waals surface area contributed by atoms with Crippen LogP contribution in [0.1, 0.15) is 0 Å². The number of piperazine rings is 1. The highest BCUT2D eigenvalue weighted by molar-refractivity contribution is 4.61. The quantitative estimate of drug-likeness (QED) is 0.492. The number of halogens is 1. The third kappa shape index (κ3) is 1.89. The lowest BCUT2D eigenvalue weighted by Crippen LogP contribution is -2.48. The van der Waals surface area contributed by atoms with Gasteiger partial charge in [-0.3, -0.25) is 0 Å². The maximum absolute atomic E-state index is 12.3. The number of rotatable bonds is 1. The lowest BCUT2D eigenvalue weighted by molar-refractivity contribution is -0.153. The van der Waals surface area contributed by atoms with E-state index in [2.05, 4.69) is 5.32 Å². The molecule has 0 radical (unpaired) electrons. The van der Waals surface area contributed by atoms with Gasteiger partial charge in [-0.25, -0.2) is 5.01 Å². The number of hydrogen-bond donors (Lipinski definition) is 1. The van der Waals surface area contributed by atoms with Crippen molar-refractivity contribution in [3.05, 3.63) is 0 Å². The first kappa shape index (κ1) is 6.92. The van der Waals surface area contributed by atoms with Gasteiger partial charge in [0.05, 0.1) is 0 Å². The maximum atomic E-state index is 12.3. The topological polar surface area (TPSA) is 18.5 Å². The minimum absolute atomic E-state index is 0.654. The average Bonchev–Trinajstić information content (AvgIpc) is 1.90. The van der Waals surface area contributed by atoms with Gasteiger partial charge in [0.25, 0.3) is 0 Å². The summed E-state index contributed by atoms with van der Waals surface area (Å²) in [6, 6.07) is 0. The minimum Gasteiger partial charge on any atom is -0.314 e. The smallest absolute Gasteiger partial charge is 0.0342 e. The zero-order valence-electron chi connectivity index (χ0n) is 5.60. The zero-order chi connectivity index (χ0) is 6.69. The molecule has 0 saturated carbocycles. The monoisotopic (exact) mass is 133 g/mol. The molecule has 54 valence electrons. The van der Waals surface area contributed by atoms with E-state index in [1.807, 2.05) is 0 Å².